The molecule has 1 aliphatic heterocycles. The van der Waals surface area contributed by atoms with Gasteiger partial charge in [0.05, 0.1) is 6.61 Å². The molecule has 2 atom stereocenters. The van der Waals surface area contributed by atoms with E-state index in [2.05, 4.69) is 13.8 Å². The van der Waals surface area contributed by atoms with Crippen molar-refractivity contribution in [3.8, 4) is 0 Å². The molecular weight excluding hydrogens is 216 g/mol. The Bertz CT molecular complexity index is 244. The van der Waals surface area contributed by atoms with Crippen molar-refractivity contribution in [1.29, 1.82) is 0 Å². The molecule has 1 rings (SSSR count). The van der Waals surface area contributed by atoms with E-state index in [0.29, 0.717) is 18.6 Å². The van der Waals surface area contributed by atoms with Crippen LogP contribution in [-0.4, -0.2) is 43.2 Å². The van der Waals surface area contributed by atoms with Gasteiger partial charge in [0.15, 0.2) is 0 Å². The molecule has 0 aromatic carbocycles. The first-order chi connectivity index (χ1) is 8.06. The molecular formula is C13H26N2O2. The van der Waals surface area contributed by atoms with Gasteiger partial charge in [0.2, 0.25) is 5.91 Å². The molecule has 0 aliphatic carbocycles. The summed E-state index contributed by atoms with van der Waals surface area (Å²) in [6, 6.07) is -0.132. The van der Waals surface area contributed by atoms with E-state index >= 15 is 0 Å². The van der Waals surface area contributed by atoms with Crippen LogP contribution in [0.4, 0.5) is 0 Å². The van der Waals surface area contributed by atoms with E-state index in [1.165, 1.54) is 6.42 Å². The smallest absolute Gasteiger partial charge is 0.242 e. The van der Waals surface area contributed by atoms with Crippen molar-refractivity contribution in [2.24, 2.45) is 11.7 Å². The van der Waals surface area contributed by atoms with Crippen LogP contribution in [0.15, 0.2) is 0 Å². The first-order valence-corrected chi connectivity index (χ1v) is 6.61. The number of nitrogens with two attached hydrogens (primary N) is 1. The van der Waals surface area contributed by atoms with Gasteiger partial charge in [-0.1, -0.05) is 13.8 Å². The highest BCUT2D eigenvalue weighted by molar-refractivity contribution is 5.82. The van der Waals surface area contributed by atoms with E-state index in [-0.39, 0.29) is 5.91 Å². The molecule has 0 saturated carbocycles. The van der Waals surface area contributed by atoms with E-state index in [0.717, 1.165) is 25.8 Å². The fourth-order valence-corrected chi connectivity index (χ4v) is 2.54. The number of amides is 1. The molecule has 1 fully saturated rings. The zero-order valence-corrected chi connectivity index (χ0v) is 11.3. The van der Waals surface area contributed by atoms with Gasteiger partial charge in [-0.2, -0.15) is 0 Å². The summed E-state index contributed by atoms with van der Waals surface area (Å²) >= 11 is 0. The van der Waals surface area contributed by atoms with Crippen LogP contribution in [-0.2, 0) is 9.53 Å². The molecule has 4 heteroatoms. The molecule has 2 unspecified atom stereocenters. The molecule has 2 N–H and O–H groups in total. The van der Waals surface area contributed by atoms with Gasteiger partial charge in [0, 0.05) is 19.7 Å². The highest BCUT2D eigenvalue weighted by Crippen LogP contribution is 2.23. The summed E-state index contributed by atoms with van der Waals surface area (Å²) < 4.78 is 4.96. The van der Waals surface area contributed by atoms with E-state index in [1.807, 2.05) is 4.90 Å². The number of likely N-dealkylation sites (tertiary alicyclic amines) is 1. The lowest BCUT2D eigenvalue weighted by atomic mass is 9.93. The fraction of sp³-hybridized carbons (Fsp3) is 0.923. The Morgan fingerprint density at radius 2 is 2.18 bits per heavy atom. The highest BCUT2D eigenvalue weighted by Gasteiger charge is 2.30. The third-order valence-electron chi connectivity index (χ3n) is 3.32. The Labute approximate surface area is 104 Å². The standard InChI is InChI=1S/C13H26N2O2/c1-10(2)8-11-6-4-5-7-15(11)13(16)12(14)9-17-3/h10-12H,4-9,14H2,1-3H3. The van der Waals surface area contributed by atoms with Crippen molar-refractivity contribution in [2.45, 2.75) is 51.6 Å². The van der Waals surface area contributed by atoms with E-state index in [9.17, 15) is 4.79 Å². The minimum atomic E-state index is -0.507. The third kappa shape index (κ3) is 4.28. The van der Waals surface area contributed by atoms with Crippen LogP contribution in [0.25, 0.3) is 0 Å². The van der Waals surface area contributed by atoms with Gasteiger partial charge in [-0.05, 0) is 31.6 Å². The molecule has 1 heterocycles. The number of methoxy groups -OCH3 is 1. The molecule has 0 radical (unpaired) electrons. The van der Waals surface area contributed by atoms with Crippen molar-refractivity contribution in [2.75, 3.05) is 20.3 Å². The molecule has 0 bridgehead atoms. The number of carbonyl (C=O) groups is 1. The molecule has 0 aromatic rings. The Balaban J connectivity index is 2.60. The number of rotatable bonds is 5. The Hall–Kier alpha value is -0.610. The zero-order chi connectivity index (χ0) is 12.8. The van der Waals surface area contributed by atoms with Crippen molar-refractivity contribution in [3.05, 3.63) is 0 Å². The largest absolute Gasteiger partial charge is 0.383 e. The van der Waals surface area contributed by atoms with Crippen LogP contribution in [0.2, 0.25) is 0 Å². The van der Waals surface area contributed by atoms with Crippen molar-refractivity contribution in [1.82, 2.24) is 4.90 Å². The van der Waals surface area contributed by atoms with Gasteiger partial charge in [-0.3, -0.25) is 4.79 Å². The molecule has 1 amide bonds. The molecule has 100 valence electrons. The Kier molecular flexibility index (Phi) is 5.92. The van der Waals surface area contributed by atoms with Gasteiger partial charge in [0.25, 0.3) is 0 Å². The second-order valence-corrected chi connectivity index (χ2v) is 5.37. The highest BCUT2D eigenvalue weighted by atomic mass is 16.5. The topological polar surface area (TPSA) is 55.6 Å². The summed E-state index contributed by atoms with van der Waals surface area (Å²) in [5.74, 6) is 0.671. The predicted molar refractivity (Wildman–Crippen MR) is 68.7 cm³/mol. The number of hydrogen-bond donors (Lipinski definition) is 1. The van der Waals surface area contributed by atoms with Gasteiger partial charge in [0.1, 0.15) is 6.04 Å². The maximum absolute atomic E-state index is 12.2. The molecule has 1 aliphatic rings. The third-order valence-corrected chi connectivity index (χ3v) is 3.32. The lowest BCUT2D eigenvalue weighted by Gasteiger charge is -2.38. The average Bonchev–Trinajstić information content (AvgIpc) is 2.28. The molecule has 0 spiro atoms. The average molecular weight is 242 g/mol. The number of hydrogen-bond acceptors (Lipinski definition) is 3. The molecule has 1 saturated heterocycles. The minimum absolute atomic E-state index is 0.0530. The van der Waals surface area contributed by atoms with Crippen LogP contribution in [0.1, 0.15) is 39.5 Å². The van der Waals surface area contributed by atoms with Crippen molar-refractivity contribution < 1.29 is 9.53 Å². The van der Waals surface area contributed by atoms with Crippen molar-refractivity contribution >= 4 is 5.91 Å². The monoisotopic (exact) mass is 242 g/mol. The first-order valence-electron chi connectivity index (χ1n) is 6.61. The normalized spacial score (nSPS) is 22.9. The number of piperidine rings is 1. The van der Waals surface area contributed by atoms with E-state index in [4.69, 9.17) is 10.5 Å². The zero-order valence-electron chi connectivity index (χ0n) is 11.3. The van der Waals surface area contributed by atoms with E-state index in [1.54, 1.807) is 7.11 Å². The molecule has 17 heavy (non-hydrogen) atoms. The molecule has 0 aromatic heterocycles. The minimum Gasteiger partial charge on any atom is -0.383 e. The number of ether oxygens (including phenoxy) is 1. The summed E-state index contributed by atoms with van der Waals surface area (Å²) in [4.78, 5) is 14.2. The van der Waals surface area contributed by atoms with Crippen molar-refractivity contribution in [3.63, 3.8) is 0 Å². The van der Waals surface area contributed by atoms with Crippen LogP contribution in [0.3, 0.4) is 0 Å². The lowest BCUT2D eigenvalue weighted by Crippen LogP contribution is -2.52. The summed E-state index contributed by atoms with van der Waals surface area (Å²) in [6.07, 6.45) is 4.51. The quantitative estimate of drug-likeness (QED) is 0.792. The number of nitrogens with zero attached hydrogens (tertiary/aromatic N) is 1. The SMILES string of the molecule is COCC(N)C(=O)N1CCCCC1CC(C)C. The summed E-state index contributed by atoms with van der Waals surface area (Å²) in [5, 5.41) is 0. The summed E-state index contributed by atoms with van der Waals surface area (Å²) in [5.41, 5.74) is 5.84. The van der Waals surface area contributed by atoms with Crippen LogP contribution in [0.5, 0.6) is 0 Å². The fourth-order valence-electron chi connectivity index (χ4n) is 2.54. The van der Waals surface area contributed by atoms with Gasteiger partial charge < -0.3 is 15.4 Å². The lowest BCUT2D eigenvalue weighted by molar-refractivity contribution is -0.137. The maximum atomic E-state index is 12.2. The Morgan fingerprint density at radius 3 is 2.76 bits per heavy atom. The van der Waals surface area contributed by atoms with Crippen LogP contribution >= 0.6 is 0 Å². The van der Waals surface area contributed by atoms with Gasteiger partial charge in [-0.25, -0.2) is 0 Å². The van der Waals surface area contributed by atoms with Gasteiger partial charge in [-0.15, -0.1) is 0 Å². The number of carbonyl (C=O) groups excluding carboxylic acids is 1. The second-order valence-electron chi connectivity index (χ2n) is 5.37. The molecule has 4 nitrogen and oxygen atoms in total. The first kappa shape index (κ1) is 14.5. The van der Waals surface area contributed by atoms with Crippen LogP contribution < -0.4 is 5.73 Å². The second kappa shape index (κ2) is 6.97. The van der Waals surface area contributed by atoms with Crippen LogP contribution in [0, 0.1) is 5.92 Å². The van der Waals surface area contributed by atoms with E-state index < -0.39 is 6.04 Å². The van der Waals surface area contributed by atoms with Gasteiger partial charge >= 0.3 is 0 Å². The predicted octanol–water partition coefficient (Wildman–Crippen LogP) is 1.39. The summed E-state index contributed by atoms with van der Waals surface area (Å²) in [6.45, 7) is 5.57. The Morgan fingerprint density at radius 1 is 1.47 bits per heavy atom. The maximum Gasteiger partial charge on any atom is 0.242 e. The summed E-state index contributed by atoms with van der Waals surface area (Å²) in [7, 11) is 1.58.